The van der Waals surface area contributed by atoms with Gasteiger partial charge in [-0.3, -0.25) is 14.8 Å². The van der Waals surface area contributed by atoms with E-state index >= 15 is 0 Å². The first-order valence-corrected chi connectivity index (χ1v) is 5.90. The van der Waals surface area contributed by atoms with E-state index in [4.69, 9.17) is 0 Å². The van der Waals surface area contributed by atoms with Crippen LogP contribution in [0.5, 0.6) is 0 Å². The van der Waals surface area contributed by atoms with Crippen LogP contribution >= 0.6 is 15.9 Å². The molecule has 0 fully saturated rings. The maximum Gasteiger partial charge on any atom is 0.272 e. The van der Waals surface area contributed by atoms with Gasteiger partial charge in [-0.15, -0.1) is 0 Å². The van der Waals surface area contributed by atoms with Gasteiger partial charge in [0, 0.05) is 23.1 Å². The molecule has 0 saturated heterocycles. The molecule has 90 valence electrons. The molecule has 6 heteroatoms. The second kappa shape index (κ2) is 6.02. The number of amides is 1. The number of pyridine rings is 2. The minimum absolute atomic E-state index is 0.323. The van der Waals surface area contributed by atoms with E-state index in [0.717, 1.165) is 4.47 Å². The van der Waals surface area contributed by atoms with Crippen molar-refractivity contribution in [1.82, 2.24) is 15.4 Å². The van der Waals surface area contributed by atoms with Crippen molar-refractivity contribution in [2.24, 2.45) is 5.10 Å². The van der Waals surface area contributed by atoms with Crippen molar-refractivity contribution in [3.63, 3.8) is 0 Å². The van der Waals surface area contributed by atoms with Gasteiger partial charge in [-0.2, -0.15) is 5.10 Å². The third-order valence-corrected chi connectivity index (χ3v) is 2.45. The SMILES string of the molecule is O=C(N/N=C/c1ccccn1)c1cncc(Br)c1. The van der Waals surface area contributed by atoms with Gasteiger partial charge in [-0.25, -0.2) is 5.43 Å². The number of hydrogen-bond donors (Lipinski definition) is 1. The molecule has 1 N–H and O–H groups in total. The first-order chi connectivity index (χ1) is 8.75. The third-order valence-electron chi connectivity index (χ3n) is 2.02. The van der Waals surface area contributed by atoms with E-state index < -0.39 is 0 Å². The highest BCUT2D eigenvalue weighted by atomic mass is 79.9. The van der Waals surface area contributed by atoms with E-state index in [0.29, 0.717) is 11.3 Å². The molecule has 0 radical (unpaired) electrons. The van der Waals surface area contributed by atoms with Gasteiger partial charge in [0.05, 0.1) is 17.5 Å². The predicted octanol–water partition coefficient (Wildman–Crippen LogP) is 2.00. The molecule has 1 amide bonds. The average molecular weight is 305 g/mol. The lowest BCUT2D eigenvalue weighted by Gasteiger charge is -1.99. The van der Waals surface area contributed by atoms with Crippen molar-refractivity contribution >= 4 is 28.1 Å². The highest BCUT2D eigenvalue weighted by molar-refractivity contribution is 9.10. The van der Waals surface area contributed by atoms with Gasteiger partial charge in [-0.1, -0.05) is 6.07 Å². The summed E-state index contributed by atoms with van der Waals surface area (Å²) in [6, 6.07) is 7.10. The Morgan fingerprint density at radius 1 is 1.39 bits per heavy atom. The van der Waals surface area contributed by atoms with Crippen LogP contribution in [0.25, 0.3) is 0 Å². The first kappa shape index (κ1) is 12.4. The summed E-state index contributed by atoms with van der Waals surface area (Å²) in [5.41, 5.74) is 3.51. The van der Waals surface area contributed by atoms with Crippen LogP contribution in [-0.4, -0.2) is 22.1 Å². The fourth-order valence-corrected chi connectivity index (χ4v) is 1.57. The molecule has 2 aromatic rings. The molecule has 0 saturated carbocycles. The van der Waals surface area contributed by atoms with Crippen LogP contribution in [0.2, 0.25) is 0 Å². The summed E-state index contributed by atoms with van der Waals surface area (Å²) < 4.78 is 0.740. The van der Waals surface area contributed by atoms with Gasteiger partial charge >= 0.3 is 0 Å². The molecule has 2 heterocycles. The van der Waals surface area contributed by atoms with Crippen molar-refractivity contribution in [3.8, 4) is 0 Å². The Hall–Kier alpha value is -2.08. The summed E-state index contributed by atoms with van der Waals surface area (Å²) in [4.78, 5) is 19.6. The van der Waals surface area contributed by atoms with Gasteiger partial charge in [0.25, 0.3) is 5.91 Å². The van der Waals surface area contributed by atoms with Crippen LogP contribution in [-0.2, 0) is 0 Å². The lowest BCUT2D eigenvalue weighted by molar-refractivity contribution is 0.0954. The Balaban J connectivity index is 1.99. The average Bonchev–Trinajstić information content (AvgIpc) is 2.40. The largest absolute Gasteiger partial charge is 0.272 e. The van der Waals surface area contributed by atoms with Crippen LogP contribution in [0.4, 0.5) is 0 Å². The van der Waals surface area contributed by atoms with E-state index in [1.165, 1.54) is 12.4 Å². The molecule has 0 aliphatic rings. The van der Waals surface area contributed by atoms with Crippen LogP contribution in [0.1, 0.15) is 16.1 Å². The molecule has 2 aromatic heterocycles. The van der Waals surface area contributed by atoms with Gasteiger partial charge in [0.2, 0.25) is 0 Å². The standard InChI is InChI=1S/C12H9BrN4O/c13-10-5-9(6-14-7-10)12(18)17-16-8-11-3-1-2-4-15-11/h1-8H,(H,17,18)/b16-8+. The minimum atomic E-state index is -0.323. The summed E-state index contributed by atoms with van der Waals surface area (Å²) in [5.74, 6) is -0.323. The van der Waals surface area contributed by atoms with E-state index in [2.05, 4.69) is 36.4 Å². The van der Waals surface area contributed by atoms with Crippen molar-refractivity contribution in [1.29, 1.82) is 0 Å². The van der Waals surface area contributed by atoms with E-state index in [-0.39, 0.29) is 5.91 Å². The van der Waals surface area contributed by atoms with Gasteiger partial charge in [0.15, 0.2) is 0 Å². The van der Waals surface area contributed by atoms with Crippen molar-refractivity contribution < 1.29 is 4.79 Å². The Kier molecular flexibility index (Phi) is 4.14. The van der Waals surface area contributed by atoms with Crippen LogP contribution in [0.3, 0.4) is 0 Å². The molecule has 0 aliphatic carbocycles. The number of nitrogens with zero attached hydrogens (tertiary/aromatic N) is 3. The molecule has 0 bridgehead atoms. The monoisotopic (exact) mass is 304 g/mol. The zero-order valence-electron chi connectivity index (χ0n) is 9.25. The third kappa shape index (κ3) is 3.46. The molecule has 5 nitrogen and oxygen atoms in total. The lowest BCUT2D eigenvalue weighted by Crippen LogP contribution is -2.17. The van der Waals surface area contributed by atoms with E-state index in [9.17, 15) is 4.79 Å². The summed E-state index contributed by atoms with van der Waals surface area (Å²) in [7, 11) is 0. The molecule has 18 heavy (non-hydrogen) atoms. The smallest absolute Gasteiger partial charge is 0.267 e. The molecule has 0 aliphatic heterocycles. The Morgan fingerprint density at radius 2 is 2.28 bits per heavy atom. The van der Waals surface area contributed by atoms with Gasteiger partial charge in [0.1, 0.15) is 0 Å². The summed E-state index contributed by atoms with van der Waals surface area (Å²) >= 11 is 3.24. The molecule has 2 rings (SSSR count). The second-order valence-corrected chi connectivity index (χ2v) is 4.26. The molecule has 0 aromatic carbocycles. The molecule has 0 spiro atoms. The maximum atomic E-state index is 11.7. The number of hydrogen-bond acceptors (Lipinski definition) is 4. The van der Waals surface area contributed by atoms with E-state index in [1.807, 2.05) is 12.1 Å². The number of rotatable bonds is 3. The lowest BCUT2D eigenvalue weighted by atomic mass is 10.3. The minimum Gasteiger partial charge on any atom is -0.267 e. The van der Waals surface area contributed by atoms with E-state index in [1.54, 1.807) is 24.5 Å². The number of halogens is 1. The highest BCUT2D eigenvalue weighted by Crippen LogP contribution is 2.09. The fraction of sp³-hybridized carbons (Fsp3) is 0. The van der Waals surface area contributed by atoms with Crippen LogP contribution in [0, 0.1) is 0 Å². The summed E-state index contributed by atoms with van der Waals surface area (Å²) in [6.45, 7) is 0. The van der Waals surface area contributed by atoms with Crippen LogP contribution in [0.15, 0.2) is 52.4 Å². The topological polar surface area (TPSA) is 67.2 Å². The van der Waals surface area contributed by atoms with Crippen molar-refractivity contribution in [2.45, 2.75) is 0 Å². The summed E-state index contributed by atoms with van der Waals surface area (Å²) in [5, 5.41) is 3.82. The Bertz CT molecular complexity index is 571. The number of nitrogens with one attached hydrogen (secondary N) is 1. The van der Waals surface area contributed by atoms with Crippen molar-refractivity contribution in [2.75, 3.05) is 0 Å². The predicted molar refractivity (Wildman–Crippen MR) is 71.2 cm³/mol. The Morgan fingerprint density at radius 3 is 3.00 bits per heavy atom. The van der Waals surface area contributed by atoms with Crippen molar-refractivity contribution in [3.05, 3.63) is 58.6 Å². The maximum absolute atomic E-state index is 11.7. The van der Waals surface area contributed by atoms with Crippen LogP contribution < -0.4 is 5.43 Å². The molecular formula is C12H9BrN4O. The number of aromatic nitrogens is 2. The first-order valence-electron chi connectivity index (χ1n) is 5.11. The fourth-order valence-electron chi connectivity index (χ4n) is 1.21. The molecule has 0 unspecified atom stereocenters. The zero-order chi connectivity index (χ0) is 12.8. The molecular weight excluding hydrogens is 296 g/mol. The number of carbonyl (C=O) groups excluding carboxylic acids is 1. The second-order valence-electron chi connectivity index (χ2n) is 3.35. The number of hydrazone groups is 1. The normalized spacial score (nSPS) is 10.5. The number of carbonyl (C=O) groups is 1. The quantitative estimate of drug-likeness (QED) is 0.696. The van der Waals surface area contributed by atoms with Gasteiger partial charge < -0.3 is 0 Å². The summed E-state index contributed by atoms with van der Waals surface area (Å²) in [6.07, 6.45) is 6.20. The zero-order valence-corrected chi connectivity index (χ0v) is 10.8. The molecule has 0 atom stereocenters. The van der Waals surface area contributed by atoms with Gasteiger partial charge in [-0.05, 0) is 34.1 Å². The Labute approximate surface area is 112 Å². The highest BCUT2D eigenvalue weighted by Gasteiger charge is 2.04.